The zero-order chi connectivity index (χ0) is 7.82. The first kappa shape index (κ1) is 8.90. The standard InChI is InChI=1S/C5H10N2O3/c8-3-5(10)7-2-1-6-4-9/h4,8H,1-3H2,(H,6,9)(H,7,10). The maximum absolute atomic E-state index is 10.3. The first-order chi connectivity index (χ1) is 4.81. The molecule has 3 N–H and O–H groups in total. The second kappa shape index (κ2) is 6.03. The molecule has 0 aromatic carbocycles. The molecule has 5 nitrogen and oxygen atoms in total. The predicted octanol–water partition coefficient (Wildman–Crippen LogP) is -2.16. The highest BCUT2D eigenvalue weighted by Crippen LogP contribution is 1.60. The summed E-state index contributed by atoms with van der Waals surface area (Å²) < 4.78 is 0. The second-order valence-corrected chi connectivity index (χ2v) is 1.58. The summed E-state index contributed by atoms with van der Waals surface area (Å²) in [5.74, 6) is -0.437. The van der Waals surface area contributed by atoms with E-state index in [9.17, 15) is 9.59 Å². The molecule has 10 heavy (non-hydrogen) atoms. The van der Waals surface area contributed by atoms with Gasteiger partial charge in [0.15, 0.2) is 0 Å². The lowest BCUT2D eigenvalue weighted by Crippen LogP contribution is -2.32. The summed E-state index contributed by atoms with van der Waals surface area (Å²) >= 11 is 0. The number of rotatable bonds is 5. The van der Waals surface area contributed by atoms with Crippen molar-refractivity contribution in [2.45, 2.75) is 0 Å². The molecular weight excluding hydrogens is 136 g/mol. The summed E-state index contributed by atoms with van der Waals surface area (Å²) in [5, 5.41) is 12.9. The summed E-state index contributed by atoms with van der Waals surface area (Å²) in [7, 11) is 0. The highest BCUT2D eigenvalue weighted by atomic mass is 16.3. The lowest BCUT2D eigenvalue weighted by atomic mass is 10.5. The van der Waals surface area contributed by atoms with E-state index in [1.807, 2.05) is 0 Å². The Kier molecular flexibility index (Phi) is 5.36. The quantitative estimate of drug-likeness (QED) is 0.305. The van der Waals surface area contributed by atoms with Crippen molar-refractivity contribution in [1.29, 1.82) is 0 Å². The van der Waals surface area contributed by atoms with Gasteiger partial charge in [-0.25, -0.2) is 0 Å². The van der Waals surface area contributed by atoms with Gasteiger partial charge >= 0.3 is 0 Å². The molecule has 0 aliphatic heterocycles. The smallest absolute Gasteiger partial charge is 0.245 e. The molecule has 5 heteroatoms. The average Bonchev–Trinajstić information content (AvgIpc) is 1.98. The fourth-order valence-electron chi connectivity index (χ4n) is 0.389. The van der Waals surface area contributed by atoms with Crippen molar-refractivity contribution in [1.82, 2.24) is 10.6 Å². The molecule has 58 valence electrons. The predicted molar refractivity (Wildman–Crippen MR) is 34.2 cm³/mol. The Morgan fingerprint density at radius 3 is 2.70 bits per heavy atom. The largest absolute Gasteiger partial charge is 0.387 e. The molecule has 0 aromatic rings. The van der Waals surface area contributed by atoms with Gasteiger partial charge in [-0.05, 0) is 0 Å². The van der Waals surface area contributed by atoms with Crippen molar-refractivity contribution in [2.24, 2.45) is 0 Å². The van der Waals surface area contributed by atoms with E-state index in [0.29, 0.717) is 19.5 Å². The van der Waals surface area contributed by atoms with Gasteiger partial charge in [0, 0.05) is 13.1 Å². The molecule has 0 fully saturated rings. The number of aliphatic hydroxyl groups excluding tert-OH is 1. The van der Waals surface area contributed by atoms with Gasteiger partial charge in [-0.1, -0.05) is 0 Å². The van der Waals surface area contributed by atoms with Crippen LogP contribution in [0.5, 0.6) is 0 Å². The van der Waals surface area contributed by atoms with Gasteiger partial charge in [-0.2, -0.15) is 0 Å². The van der Waals surface area contributed by atoms with Crippen molar-refractivity contribution in [3.63, 3.8) is 0 Å². The van der Waals surface area contributed by atoms with E-state index >= 15 is 0 Å². The molecule has 0 unspecified atom stereocenters. The normalized spacial score (nSPS) is 8.50. The van der Waals surface area contributed by atoms with Gasteiger partial charge < -0.3 is 15.7 Å². The Bertz CT molecular complexity index is 115. The first-order valence-corrected chi connectivity index (χ1v) is 2.86. The fraction of sp³-hybridized carbons (Fsp3) is 0.600. The van der Waals surface area contributed by atoms with E-state index < -0.39 is 12.5 Å². The second-order valence-electron chi connectivity index (χ2n) is 1.58. The number of hydrogen-bond acceptors (Lipinski definition) is 3. The van der Waals surface area contributed by atoms with Crippen LogP contribution in [-0.4, -0.2) is 37.1 Å². The van der Waals surface area contributed by atoms with Gasteiger partial charge in [-0.15, -0.1) is 0 Å². The van der Waals surface area contributed by atoms with E-state index in [-0.39, 0.29) is 0 Å². The van der Waals surface area contributed by atoms with Crippen molar-refractivity contribution >= 4 is 12.3 Å². The molecule has 2 amide bonds. The van der Waals surface area contributed by atoms with Gasteiger partial charge in [-0.3, -0.25) is 9.59 Å². The SMILES string of the molecule is O=CNCCNC(=O)CO. The number of carbonyl (C=O) groups is 2. The van der Waals surface area contributed by atoms with Crippen LogP contribution in [0.15, 0.2) is 0 Å². The summed E-state index contributed by atoms with van der Waals surface area (Å²) in [6.45, 7) is 0.217. The number of aliphatic hydroxyl groups is 1. The maximum atomic E-state index is 10.3. The van der Waals surface area contributed by atoms with Gasteiger partial charge in [0.1, 0.15) is 6.61 Å². The molecule has 0 rings (SSSR count). The minimum atomic E-state index is -0.513. The monoisotopic (exact) mass is 146 g/mol. The number of carbonyl (C=O) groups excluding carboxylic acids is 2. The molecule has 0 aliphatic carbocycles. The Labute approximate surface area is 58.4 Å². The van der Waals surface area contributed by atoms with E-state index in [2.05, 4.69) is 10.6 Å². The molecular formula is C5H10N2O3. The Balaban J connectivity index is 3.03. The van der Waals surface area contributed by atoms with Crippen LogP contribution >= 0.6 is 0 Å². The number of hydrogen-bond donors (Lipinski definition) is 3. The summed E-state index contributed by atoms with van der Waals surface area (Å²) in [6.07, 6.45) is 0.547. The van der Waals surface area contributed by atoms with Gasteiger partial charge in [0.25, 0.3) is 0 Å². The molecule has 0 heterocycles. The third kappa shape index (κ3) is 5.04. The van der Waals surface area contributed by atoms with E-state index in [1.54, 1.807) is 0 Å². The van der Waals surface area contributed by atoms with Crippen molar-refractivity contribution in [3.05, 3.63) is 0 Å². The van der Waals surface area contributed by atoms with Crippen molar-refractivity contribution in [3.8, 4) is 0 Å². The van der Waals surface area contributed by atoms with Crippen LogP contribution in [0.4, 0.5) is 0 Å². The topological polar surface area (TPSA) is 78.4 Å². The molecule has 0 spiro atoms. The molecule has 0 radical (unpaired) electrons. The van der Waals surface area contributed by atoms with Gasteiger partial charge in [0.2, 0.25) is 12.3 Å². The Hall–Kier alpha value is -1.10. The first-order valence-electron chi connectivity index (χ1n) is 2.86. The molecule has 0 saturated carbocycles. The van der Waals surface area contributed by atoms with Crippen LogP contribution in [0, 0.1) is 0 Å². The molecule has 0 aliphatic rings. The van der Waals surface area contributed by atoms with Crippen LogP contribution in [0.2, 0.25) is 0 Å². The molecule has 0 atom stereocenters. The summed E-state index contributed by atoms with van der Waals surface area (Å²) in [5.41, 5.74) is 0. The minimum Gasteiger partial charge on any atom is -0.387 e. The minimum absolute atomic E-state index is 0.345. The van der Waals surface area contributed by atoms with Crippen LogP contribution in [0.25, 0.3) is 0 Å². The van der Waals surface area contributed by atoms with Crippen LogP contribution < -0.4 is 10.6 Å². The third-order valence-corrected chi connectivity index (χ3v) is 0.818. The highest BCUT2D eigenvalue weighted by Gasteiger charge is 1.93. The molecule has 0 bridgehead atoms. The number of amides is 2. The van der Waals surface area contributed by atoms with E-state index in [0.717, 1.165) is 0 Å². The van der Waals surface area contributed by atoms with E-state index in [4.69, 9.17) is 5.11 Å². The van der Waals surface area contributed by atoms with Gasteiger partial charge in [0.05, 0.1) is 0 Å². The summed E-state index contributed by atoms with van der Waals surface area (Å²) in [6, 6.07) is 0. The fourth-order valence-corrected chi connectivity index (χ4v) is 0.389. The van der Waals surface area contributed by atoms with Crippen molar-refractivity contribution in [2.75, 3.05) is 19.7 Å². The summed E-state index contributed by atoms with van der Waals surface area (Å²) in [4.78, 5) is 19.9. The van der Waals surface area contributed by atoms with Crippen LogP contribution in [0.1, 0.15) is 0 Å². The zero-order valence-electron chi connectivity index (χ0n) is 5.46. The Morgan fingerprint density at radius 1 is 1.50 bits per heavy atom. The number of nitrogens with one attached hydrogen (secondary N) is 2. The third-order valence-electron chi connectivity index (χ3n) is 0.818. The van der Waals surface area contributed by atoms with Crippen LogP contribution in [-0.2, 0) is 9.59 Å². The lowest BCUT2D eigenvalue weighted by molar-refractivity contribution is -0.123. The lowest BCUT2D eigenvalue weighted by Gasteiger charge is -2.00. The van der Waals surface area contributed by atoms with E-state index in [1.165, 1.54) is 0 Å². The maximum Gasteiger partial charge on any atom is 0.245 e. The highest BCUT2D eigenvalue weighted by molar-refractivity contribution is 5.76. The van der Waals surface area contributed by atoms with Crippen LogP contribution in [0.3, 0.4) is 0 Å². The molecule has 0 saturated heterocycles. The zero-order valence-corrected chi connectivity index (χ0v) is 5.46. The molecule has 0 aromatic heterocycles. The average molecular weight is 146 g/mol. The Morgan fingerprint density at radius 2 is 2.20 bits per heavy atom. The van der Waals surface area contributed by atoms with Crippen molar-refractivity contribution < 1.29 is 14.7 Å².